The van der Waals surface area contributed by atoms with E-state index >= 15 is 0 Å². The van der Waals surface area contributed by atoms with E-state index in [0.717, 1.165) is 11.1 Å². The summed E-state index contributed by atoms with van der Waals surface area (Å²) in [7, 11) is 0. The van der Waals surface area contributed by atoms with Crippen molar-refractivity contribution < 1.29 is 4.79 Å². The third-order valence-corrected chi connectivity index (χ3v) is 5.14. The van der Waals surface area contributed by atoms with Gasteiger partial charge in [-0.2, -0.15) is 15.6 Å². The van der Waals surface area contributed by atoms with E-state index in [1.165, 1.54) is 0 Å². The third-order valence-electron chi connectivity index (χ3n) is 5.14. The van der Waals surface area contributed by atoms with Gasteiger partial charge in [-0.05, 0) is 36.2 Å². The molecule has 9 heteroatoms. The number of nitriles is 2. The van der Waals surface area contributed by atoms with Gasteiger partial charge in [0.2, 0.25) is 5.91 Å². The first-order chi connectivity index (χ1) is 15.2. The van der Waals surface area contributed by atoms with Crippen LogP contribution in [0.4, 0.5) is 0 Å². The highest BCUT2D eigenvalue weighted by molar-refractivity contribution is 5.82. The van der Waals surface area contributed by atoms with Crippen LogP contribution >= 0.6 is 0 Å². The van der Waals surface area contributed by atoms with Crippen molar-refractivity contribution in [3.8, 4) is 23.4 Å². The molecule has 1 saturated heterocycles. The largest absolute Gasteiger partial charge is 0.353 e. The molecule has 0 spiro atoms. The van der Waals surface area contributed by atoms with Crippen molar-refractivity contribution in [3.05, 3.63) is 71.7 Å². The molecule has 2 atom stereocenters. The van der Waals surface area contributed by atoms with E-state index in [1.807, 2.05) is 36.5 Å². The van der Waals surface area contributed by atoms with Gasteiger partial charge in [-0.3, -0.25) is 14.5 Å². The summed E-state index contributed by atoms with van der Waals surface area (Å²) in [5, 5.41) is 25.7. The second kappa shape index (κ2) is 9.18. The number of carbonyl (C=O) groups excluding carboxylic acids is 1. The topological polar surface area (TPSA) is 131 Å². The number of hydrogen-bond acceptors (Lipinski definition) is 7. The summed E-state index contributed by atoms with van der Waals surface area (Å²) < 4.78 is 1.73. The zero-order chi connectivity index (χ0) is 21.6. The van der Waals surface area contributed by atoms with Gasteiger partial charge < -0.3 is 5.32 Å². The summed E-state index contributed by atoms with van der Waals surface area (Å²) in [6.07, 6.45) is 5.98. The molecule has 0 radical (unpaired) electrons. The average molecular weight is 412 g/mol. The van der Waals surface area contributed by atoms with Crippen LogP contribution in [-0.4, -0.2) is 33.3 Å². The van der Waals surface area contributed by atoms with Gasteiger partial charge in [-0.25, -0.2) is 10.9 Å². The van der Waals surface area contributed by atoms with Gasteiger partial charge in [0, 0.05) is 36.7 Å². The maximum absolute atomic E-state index is 12.5. The number of aromatic nitrogens is 3. The van der Waals surface area contributed by atoms with Crippen LogP contribution < -0.4 is 16.2 Å². The monoisotopic (exact) mass is 412 g/mol. The van der Waals surface area contributed by atoms with Crippen LogP contribution in [0.25, 0.3) is 11.3 Å². The van der Waals surface area contributed by atoms with E-state index < -0.39 is 0 Å². The minimum atomic E-state index is -0.318. The Balaban J connectivity index is 1.29. The van der Waals surface area contributed by atoms with Gasteiger partial charge in [0.15, 0.2) is 0 Å². The SMILES string of the molecule is N#Cc1ccc(-c2ccn(CCNC(=O)C3CC(c4cccnc4)NN3)n2)cc1C#N. The number of amides is 1. The van der Waals surface area contributed by atoms with Crippen molar-refractivity contribution in [1.29, 1.82) is 10.5 Å². The number of benzene rings is 1. The zero-order valence-corrected chi connectivity index (χ0v) is 16.6. The average Bonchev–Trinajstić information content (AvgIpc) is 3.49. The summed E-state index contributed by atoms with van der Waals surface area (Å²) in [5.74, 6) is -0.0722. The lowest BCUT2D eigenvalue weighted by Gasteiger charge is -2.10. The fourth-order valence-corrected chi connectivity index (χ4v) is 3.48. The predicted octanol–water partition coefficient (Wildman–Crippen LogP) is 1.41. The maximum atomic E-state index is 12.5. The molecule has 2 aromatic heterocycles. The molecule has 3 aromatic rings. The minimum absolute atomic E-state index is 0.0452. The molecule has 1 fully saturated rings. The standard InChI is InChI=1S/C22H20N8O/c23-12-16-4-3-15(10-18(16)13-24)19-5-8-30(29-19)9-7-26-22(31)21-11-20(27-28-21)17-2-1-6-25-14-17/h1-6,8,10,14,20-21,27-28H,7,9,11H2,(H,26,31). The molecular formula is C22H20N8O. The molecule has 1 aliphatic rings. The number of nitrogens with zero attached hydrogens (tertiary/aromatic N) is 5. The fourth-order valence-electron chi connectivity index (χ4n) is 3.48. The zero-order valence-electron chi connectivity index (χ0n) is 16.6. The van der Waals surface area contributed by atoms with Gasteiger partial charge in [0.25, 0.3) is 0 Å². The summed E-state index contributed by atoms with van der Waals surface area (Å²) >= 11 is 0. The summed E-state index contributed by atoms with van der Waals surface area (Å²) in [4.78, 5) is 16.6. The molecule has 9 nitrogen and oxygen atoms in total. The van der Waals surface area contributed by atoms with E-state index in [0.29, 0.717) is 36.3 Å². The molecule has 0 saturated carbocycles. The number of hydrogen-bond donors (Lipinski definition) is 3. The van der Waals surface area contributed by atoms with E-state index in [-0.39, 0.29) is 18.0 Å². The number of rotatable bonds is 6. The van der Waals surface area contributed by atoms with E-state index in [1.54, 1.807) is 35.3 Å². The number of hydrazine groups is 1. The molecule has 1 aromatic carbocycles. The summed E-state index contributed by atoms with van der Waals surface area (Å²) in [6, 6.07) is 14.5. The quantitative estimate of drug-likeness (QED) is 0.558. The van der Waals surface area contributed by atoms with Gasteiger partial charge in [0.1, 0.15) is 18.2 Å². The van der Waals surface area contributed by atoms with Crippen molar-refractivity contribution in [2.24, 2.45) is 0 Å². The van der Waals surface area contributed by atoms with Crippen molar-refractivity contribution in [2.45, 2.75) is 25.0 Å². The molecule has 4 rings (SSSR count). The first-order valence-electron chi connectivity index (χ1n) is 9.84. The second-order valence-corrected chi connectivity index (χ2v) is 7.15. The highest BCUT2D eigenvalue weighted by Gasteiger charge is 2.29. The van der Waals surface area contributed by atoms with Crippen LogP contribution in [0, 0.1) is 22.7 Å². The van der Waals surface area contributed by atoms with Crippen LogP contribution in [0.2, 0.25) is 0 Å². The Labute approximate surface area is 179 Å². The second-order valence-electron chi connectivity index (χ2n) is 7.15. The van der Waals surface area contributed by atoms with Crippen LogP contribution in [0.15, 0.2) is 55.0 Å². The molecule has 31 heavy (non-hydrogen) atoms. The molecule has 1 amide bonds. The Hall–Kier alpha value is -4.05. The van der Waals surface area contributed by atoms with Crippen LogP contribution in [-0.2, 0) is 11.3 Å². The van der Waals surface area contributed by atoms with Gasteiger partial charge >= 0.3 is 0 Å². The highest BCUT2D eigenvalue weighted by Crippen LogP contribution is 2.22. The molecule has 154 valence electrons. The summed E-state index contributed by atoms with van der Waals surface area (Å²) in [5.41, 5.74) is 9.35. The molecule has 2 unspecified atom stereocenters. The number of pyridine rings is 1. The third kappa shape index (κ3) is 4.59. The van der Waals surface area contributed by atoms with Gasteiger partial charge in [-0.15, -0.1) is 0 Å². The lowest BCUT2D eigenvalue weighted by atomic mass is 10.0. The Kier molecular flexibility index (Phi) is 5.99. The van der Waals surface area contributed by atoms with Crippen LogP contribution in [0.1, 0.15) is 29.2 Å². The van der Waals surface area contributed by atoms with Crippen molar-refractivity contribution in [1.82, 2.24) is 30.9 Å². The smallest absolute Gasteiger partial charge is 0.238 e. The highest BCUT2D eigenvalue weighted by atomic mass is 16.2. The fraction of sp³-hybridized carbons (Fsp3) is 0.227. The van der Waals surface area contributed by atoms with E-state index in [9.17, 15) is 10.1 Å². The van der Waals surface area contributed by atoms with Gasteiger partial charge in [0.05, 0.1) is 23.4 Å². The Morgan fingerprint density at radius 3 is 2.84 bits per heavy atom. The lowest BCUT2D eigenvalue weighted by molar-refractivity contribution is -0.122. The molecule has 1 aliphatic heterocycles. The Morgan fingerprint density at radius 2 is 2.06 bits per heavy atom. The predicted molar refractivity (Wildman–Crippen MR) is 112 cm³/mol. The van der Waals surface area contributed by atoms with E-state index in [4.69, 9.17) is 5.26 Å². The molecular weight excluding hydrogens is 392 g/mol. The molecule has 3 N–H and O–H groups in total. The first kappa shape index (κ1) is 20.2. The van der Waals surface area contributed by atoms with Gasteiger partial charge in [-0.1, -0.05) is 12.1 Å². The molecule has 3 heterocycles. The van der Waals surface area contributed by atoms with Crippen molar-refractivity contribution in [3.63, 3.8) is 0 Å². The number of nitrogens with one attached hydrogen (secondary N) is 3. The van der Waals surface area contributed by atoms with Crippen LogP contribution in [0.3, 0.4) is 0 Å². The number of carbonyl (C=O) groups is 1. The first-order valence-corrected chi connectivity index (χ1v) is 9.84. The van der Waals surface area contributed by atoms with E-state index in [2.05, 4.69) is 26.3 Å². The molecule has 0 aliphatic carbocycles. The van der Waals surface area contributed by atoms with Crippen molar-refractivity contribution in [2.75, 3.05) is 6.54 Å². The molecule has 0 bridgehead atoms. The Bertz CT molecular complexity index is 1160. The van der Waals surface area contributed by atoms with Crippen molar-refractivity contribution >= 4 is 5.91 Å². The lowest BCUT2D eigenvalue weighted by Crippen LogP contribution is -2.44. The minimum Gasteiger partial charge on any atom is -0.353 e. The van der Waals surface area contributed by atoms with Crippen LogP contribution in [0.5, 0.6) is 0 Å². The normalized spacial score (nSPS) is 17.6. The maximum Gasteiger partial charge on any atom is 0.238 e. The Morgan fingerprint density at radius 1 is 1.19 bits per heavy atom. The summed E-state index contributed by atoms with van der Waals surface area (Å²) in [6.45, 7) is 0.950.